The number of pyridine rings is 1. The molecule has 0 bridgehead atoms. The molecule has 0 saturated carbocycles. The number of nitrogens with one attached hydrogen (secondary N) is 1. The van der Waals surface area contributed by atoms with E-state index in [9.17, 15) is 0 Å². The molecule has 2 rings (SSSR count). The predicted octanol–water partition coefficient (Wildman–Crippen LogP) is 2.75. The van der Waals surface area contributed by atoms with Crippen LogP contribution in [0.1, 0.15) is 18.5 Å². The number of para-hydroxylation sites is 1. The molecule has 0 radical (unpaired) electrons. The number of ether oxygens (including phenoxy) is 1. The SMILES string of the molecule is C#CCCCNCc1ccc2cccc(OC)c2n1. The van der Waals surface area contributed by atoms with E-state index in [1.54, 1.807) is 7.11 Å². The number of hydrogen-bond acceptors (Lipinski definition) is 3. The zero-order chi connectivity index (χ0) is 13.5. The van der Waals surface area contributed by atoms with E-state index in [2.05, 4.69) is 22.3 Å². The number of rotatable bonds is 6. The van der Waals surface area contributed by atoms with Gasteiger partial charge in [0, 0.05) is 18.4 Å². The zero-order valence-electron chi connectivity index (χ0n) is 11.1. The highest BCUT2D eigenvalue weighted by Gasteiger charge is 2.03. The van der Waals surface area contributed by atoms with Gasteiger partial charge in [-0.3, -0.25) is 0 Å². The summed E-state index contributed by atoms with van der Waals surface area (Å²) in [5, 5.41) is 4.43. The number of aromatic nitrogens is 1. The summed E-state index contributed by atoms with van der Waals surface area (Å²) in [5.41, 5.74) is 1.92. The molecule has 1 N–H and O–H groups in total. The predicted molar refractivity (Wildman–Crippen MR) is 78.1 cm³/mol. The van der Waals surface area contributed by atoms with Crippen molar-refractivity contribution in [2.75, 3.05) is 13.7 Å². The lowest BCUT2D eigenvalue weighted by molar-refractivity contribution is 0.418. The number of methoxy groups -OCH3 is 1. The molecule has 0 saturated heterocycles. The molecule has 0 aliphatic rings. The summed E-state index contributed by atoms with van der Waals surface area (Å²) in [6.45, 7) is 1.66. The second kappa shape index (κ2) is 6.77. The Morgan fingerprint density at radius 3 is 3.00 bits per heavy atom. The van der Waals surface area contributed by atoms with Gasteiger partial charge in [0.05, 0.1) is 12.8 Å². The summed E-state index contributed by atoms with van der Waals surface area (Å²) in [6.07, 6.45) is 7.02. The third-order valence-electron chi connectivity index (χ3n) is 2.94. The zero-order valence-corrected chi connectivity index (χ0v) is 11.1. The summed E-state index contributed by atoms with van der Waals surface area (Å²) in [6, 6.07) is 10.0. The van der Waals surface area contributed by atoms with Crippen LogP contribution in [0.3, 0.4) is 0 Å². The van der Waals surface area contributed by atoms with E-state index in [1.807, 2.05) is 24.3 Å². The third-order valence-corrected chi connectivity index (χ3v) is 2.94. The van der Waals surface area contributed by atoms with Crippen LogP contribution in [-0.2, 0) is 6.54 Å². The van der Waals surface area contributed by atoms with Crippen molar-refractivity contribution in [1.29, 1.82) is 0 Å². The summed E-state index contributed by atoms with van der Waals surface area (Å²) < 4.78 is 5.33. The van der Waals surface area contributed by atoms with Crippen molar-refractivity contribution in [3.05, 3.63) is 36.0 Å². The lowest BCUT2D eigenvalue weighted by Crippen LogP contribution is -2.15. The quantitative estimate of drug-likeness (QED) is 0.636. The van der Waals surface area contributed by atoms with Gasteiger partial charge >= 0.3 is 0 Å². The van der Waals surface area contributed by atoms with Crippen molar-refractivity contribution in [2.24, 2.45) is 0 Å². The highest BCUT2D eigenvalue weighted by atomic mass is 16.5. The minimum absolute atomic E-state index is 0.749. The maximum Gasteiger partial charge on any atom is 0.145 e. The standard InChI is InChI=1S/C16H18N2O/c1-3-4-5-11-17-12-14-10-9-13-7-6-8-15(19-2)16(13)18-14/h1,6-10,17H,4-5,11-12H2,2H3. The van der Waals surface area contributed by atoms with Gasteiger partial charge in [-0.2, -0.15) is 0 Å². The van der Waals surface area contributed by atoms with Gasteiger partial charge < -0.3 is 10.1 Å². The van der Waals surface area contributed by atoms with Gasteiger partial charge in [-0.25, -0.2) is 4.98 Å². The second-order valence-corrected chi connectivity index (χ2v) is 4.32. The highest BCUT2D eigenvalue weighted by Crippen LogP contribution is 2.23. The number of fused-ring (bicyclic) bond motifs is 1. The van der Waals surface area contributed by atoms with Crippen LogP contribution < -0.4 is 10.1 Å². The summed E-state index contributed by atoms with van der Waals surface area (Å²) >= 11 is 0. The fourth-order valence-electron chi connectivity index (χ4n) is 1.96. The van der Waals surface area contributed by atoms with E-state index in [4.69, 9.17) is 11.2 Å². The molecular weight excluding hydrogens is 236 g/mol. The van der Waals surface area contributed by atoms with Gasteiger partial charge in [0.25, 0.3) is 0 Å². The molecule has 3 heteroatoms. The molecule has 1 heterocycles. The Bertz CT molecular complexity index is 587. The van der Waals surface area contributed by atoms with Crippen LogP contribution >= 0.6 is 0 Å². The van der Waals surface area contributed by atoms with Crippen molar-refractivity contribution in [3.63, 3.8) is 0 Å². The lowest BCUT2D eigenvalue weighted by atomic mass is 10.2. The van der Waals surface area contributed by atoms with E-state index in [1.165, 1.54) is 0 Å². The van der Waals surface area contributed by atoms with Crippen molar-refractivity contribution in [1.82, 2.24) is 10.3 Å². The average molecular weight is 254 g/mol. The first-order chi connectivity index (χ1) is 9.35. The molecule has 2 aromatic rings. The topological polar surface area (TPSA) is 34.1 Å². The largest absolute Gasteiger partial charge is 0.494 e. The molecule has 19 heavy (non-hydrogen) atoms. The molecule has 0 aliphatic heterocycles. The van der Waals surface area contributed by atoms with Gasteiger partial charge in [0.2, 0.25) is 0 Å². The Balaban J connectivity index is 2.06. The minimum Gasteiger partial charge on any atom is -0.494 e. The van der Waals surface area contributed by atoms with Gasteiger partial charge in [-0.1, -0.05) is 18.2 Å². The van der Waals surface area contributed by atoms with Crippen LogP contribution in [0.25, 0.3) is 10.9 Å². The van der Waals surface area contributed by atoms with E-state index in [0.29, 0.717) is 0 Å². The summed E-state index contributed by atoms with van der Waals surface area (Å²) in [5.74, 6) is 3.45. The van der Waals surface area contributed by atoms with Gasteiger partial charge in [0.15, 0.2) is 0 Å². The molecule has 1 aromatic heterocycles. The minimum atomic E-state index is 0.749. The molecule has 98 valence electrons. The summed E-state index contributed by atoms with van der Waals surface area (Å²) in [7, 11) is 1.67. The van der Waals surface area contributed by atoms with Crippen molar-refractivity contribution >= 4 is 10.9 Å². The van der Waals surface area contributed by atoms with E-state index in [0.717, 1.165) is 48.3 Å². The molecular formula is C16H18N2O. The number of unbranched alkanes of at least 4 members (excludes halogenated alkanes) is 1. The Labute approximate surface area is 114 Å². The first-order valence-corrected chi connectivity index (χ1v) is 6.42. The first-order valence-electron chi connectivity index (χ1n) is 6.42. The number of hydrogen-bond donors (Lipinski definition) is 1. The van der Waals surface area contributed by atoms with Crippen molar-refractivity contribution < 1.29 is 4.74 Å². The highest BCUT2D eigenvalue weighted by molar-refractivity contribution is 5.84. The second-order valence-electron chi connectivity index (χ2n) is 4.32. The normalized spacial score (nSPS) is 10.3. The molecule has 0 aliphatic carbocycles. The molecule has 0 fully saturated rings. The molecule has 0 amide bonds. The van der Waals surface area contributed by atoms with Crippen LogP contribution in [0.5, 0.6) is 5.75 Å². The monoisotopic (exact) mass is 254 g/mol. The molecule has 0 atom stereocenters. The number of benzene rings is 1. The van der Waals surface area contributed by atoms with Gasteiger partial charge in [-0.05, 0) is 25.1 Å². The van der Waals surface area contributed by atoms with Crippen LogP contribution in [0.4, 0.5) is 0 Å². The maximum atomic E-state index is 5.33. The van der Waals surface area contributed by atoms with Crippen LogP contribution in [0.15, 0.2) is 30.3 Å². The molecule has 3 nitrogen and oxygen atoms in total. The number of terminal acetylenes is 1. The van der Waals surface area contributed by atoms with Crippen LogP contribution in [-0.4, -0.2) is 18.6 Å². The Hall–Kier alpha value is -2.05. The van der Waals surface area contributed by atoms with E-state index < -0.39 is 0 Å². The van der Waals surface area contributed by atoms with Gasteiger partial charge in [0.1, 0.15) is 11.3 Å². The molecule has 0 unspecified atom stereocenters. The fourth-order valence-corrected chi connectivity index (χ4v) is 1.96. The number of nitrogens with zero attached hydrogens (tertiary/aromatic N) is 1. The Morgan fingerprint density at radius 1 is 1.32 bits per heavy atom. The van der Waals surface area contributed by atoms with Crippen LogP contribution in [0, 0.1) is 12.3 Å². The van der Waals surface area contributed by atoms with Crippen molar-refractivity contribution in [3.8, 4) is 18.1 Å². The molecule has 1 aromatic carbocycles. The van der Waals surface area contributed by atoms with Crippen molar-refractivity contribution in [2.45, 2.75) is 19.4 Å². The summed E-state index contributed by atoms with van der Waals surface area (Å²) in [4.78, 5) is 4.64. The maximum absolute atomic E-state index is 5.33. The van der Waals surface area contributed by atoms with Gasteiger partial charge in [-0.15, -0.1) is 12.3 Å². The molecule has 0 spiro atoms. The smallest absolute Gasteiger partial charge is 0.145 e. The lowest BCUT2D eigenvalue weighted by Gasteiger charge is -2.07. The average Bonchev–Trinajstić information content (AvgIpc) is 2.46. The van der Waals surface area contributed by atoms with E-state index >= 15 is 0 Å². The fraction of sp³-hybridized carbons (Fsp3) is 0.312. The Morgan fingerprint density at radius 2 is 2.21 bits per heavy atom. The Kier molecular flexibility index (Phi) is 4.77. The third kappa shape index (κ3) is 3.46. The van der Waals surface area contributed by atoms with Crippen LogP contribution in [0.2, 0.25) is 0 Å². The first kappa shape index (κ1) is 13.4. The van der Waals surface area contributed by atoms with E-state index in [-0.39, 0.29) is 0 Å².